The summed E-state index contributed by atoms with van der Waals surface area (Å²) in [7, 11) is 1.67. The number of fused-ring (bicyclic) bond motifs is 1. The van der Waals surface area contributed by atoms with Crippen LogP contribution in [0.5, 0.6) is 5.75 Å². The zero-order valence-electron chi connectivity index (χ0n) is 16.3. The molecule has 30 heavy (non-hydrogen) atoms. The zero-order chi connectivity index (χ0) is 20.5. The van der Waals surface area contributed by atoms with Crippen molar-refractivity contribution in [3.05, 3.63) is 95.5 Å². The molecule has 6 heteroatoms. The third-order valence-electron chi connectivity index (χ3n) is 5.00. The van der Waals surface area contributed by atoms with Gasteiger partial charge in [0.05, 0.1) is 29.4 Å². The van der Waals surface area contributed by atoms with E-state index in [2.05, 4.69) is 9.55 Å². The molecule has 0 unspecified atom stereocenters. The fourth-order valence-electron chi connectivity index (χ4n) is 3.59. The van der Waals surface area contributed by atoms with E-state index in [-0.39, 0.29) is 0 Å². The number of rotatable bonds is 5. The number of hydrogen-bond donors (Lipinski definition) is 1. The van der Waals surface area contributed by atoms with Gasteiger partial charge in [-0.1, -0.05) is 35.9 Å². The Balaban J connectivity index is 1.61. The number of ether oxygens (including phenoxy) is 1. The molecule has 0 atom stereocenters. The van der Waals surface area contributed by atoms with Crippen molar-refractivity contribution in [1.82, 2.24) is 19.5 Å². The van der Waals surface area contributed by atoms with Crippen LogP contribution in [0.4, 0.5) is 0 Å². The van der Waals surface area contributed by atoms with Crippen molar-refractivity contribution in [3.63, 3.8) is 0 Å². The Labute approximate surface area is 178 Å². The zero-order valence-corrected chi connectivity index (χ0v) is 17.1. The number of para-hydroxylation sites is 3. The number of nitrogens with zero attached hydrogens (tertiary/aromatic N) is 3. The molecular formula is C24H19ClN4O. The van der Waals surface area contributed by atoms with Gasteiger partial charge in [0.2, 0.25) is 0 Å². The summed E-state index contributed by atoms with van der Waals surface area (Å²) in [6.07, 6.45) is 2.63. The molecule has 0 saturated carbocycles. The standard InChI is InChI=1S/C24H19ClN4O/c1-30-22-9-5-2-6-19(22)24-26-17(15-29(24)18-12-10-16(25)11-13-18)14-23-27-20-7-3-4-8-21(20)28-23/h2-13,15H,14H2,1H3,(H,27,28). The highest BCUT2D eigenvalue weighted by Gasteiger charge is 2.16. The molecule has 0 fully saturated rings. The Morgan fingerprint density at radius 2 is 1.70 bits per heavy atom. The van der Waals surface area contributed by atoms with Gasteiger partial charge in [0, 0.05) is 23.3 Å². The summed E-state index contributed by atoms with van der Waals surface area (Å²) in [5, 5.41) is 0.695. The summed E-state index contributed by atoms with van der Waals surface area (Å²) < 4.78 is 7.65. The van der Waals surface area contributed by atoms with Gasteiger partial charge in [-0.25, -0.2) is 9.97 Å². The topological polar surface area (TPSA) is 55.7 Å². The van der Waals surface area contributed by atoms with E-state index in [4.69, 9.17) is 26.3 Å². The number of aromatic nitrogens is 4. The second-order valence-corrected chi connectivity index (χ2v) is 7.42. The Kier molecular flexibility index (Phi) is 4.73. The van der Waals surface area contributed by atoms with Crippen LogP contribution in [0, 0.1) is 0 Å². The predicted molar refractivity (Wildman–Crippen MR) is 119 cm³/mol. The number of hydrogen-bond acceptors (Lipinski definition) is 3. The van der Waals surface area contributed by atoms with Crippen LogP contribution < -0.4 is 4.74 Å². The lowest BCUT2D eigenvalue weighted by Crippen LogP contribution is -1.97. The molecule has 1 N–H and O–H groups in total. The molecule has 0 amide bonds. The smallest absolute Gasteiger partial charge is 0.148 e. The monoisotopic (exact) mass is 414 g/mol. The normalized spacial score (nSPS) is 11.1. The van der Waals surface area contributed by atoms with E-state index in [1.165, 1.54) is 0 Å². The van der Waals surface area contributed by atoms with E-state index < -0.39 is 0 Å². The third-order valence-corrected chi connectivity index (χ3v) is 5.25. The minimum atomic E-state index is 0.595. The summed E-state index contributed by atoms with van der Waals surface area (Å²) in [6.45, 7) is 0. The van der Waals surface area contributed by atoms with Gasteiger partial charge in [-0.3, -0.25) is 4.57 Å². The number of benzene rings is 3. The predicted octanol–water partition coefficient (Wildman–Crippen LogP) is 5.67. The maximum absolute atomic E-state index is 6.10. The van der Waals surface area contributed by atoms with Crippen LogP contribution >= 0.6 is 11.6 Å². The molecule has 3 aromatic carbocycles. The highest BCUT2D eigenvalue weighted by Crippen LogP contribution is 2.31. The van der Waals surface area contributed by atoms with Gasteiger partial charge < -0.3 is 9.72 Å². The van der Waals surface area contributed by atoms with Gasteiger partial charge in [-0.2, -0.15) is 0 Å². The largest absolute Gasteiger partial charge is 0.496 e. The van der Waals surface area contributed by atoms with Gasteiger partial charge in [0.1, 0.15) is 17.4 Å². The molecule has 0 spiro atoms. The van der Waals surface area contributed by atoms with E-state index in [1.54, 1.807) is 7.11 Å². The van der Waals surface area contributed by atoms with Crippen molar-refractivity contribution in [2.75, 3.05) is 7.11 Å². The molecule has 0 aliphatic rings. The van der Waals surface area contributed by atoms with E-state index >= 15 is 0 Å². The maximum Gasteiger partial charge on any atom is 0.148 e. The average molecular weight is 415 g/mol. The second-order valence-electron chi connectivity index (χ2n) is 6.98. The number of aromatic amines is 1. The summed E-state index contributed by atoms with van der Waals surface area (Å²) in [6, 6.07) is 23.6. The number of halogens is 1. The third kappa shape index (κ3) is 3.44. The highest BCUT2D eigenvalue weighted by molar-refractivity contribution is 6.30. The number of methoxy groups -OCH3 is 1. The molecule has 148 valence electrons. The first-order valence-electron chi connectivity index (χ1n) is 9.62. The van der Waals surface area contributed by atoms with E-state index in [0.717, 1.165) is 45.4 Å². The molecule has 0 aliphatic carbocycles. The molecule has 0 saturated heterocycles. The Morgan fingerprint density at radius 3 is 2.50 bits per heavy atom. The van der Waals surface area contributed by atoms with E-state index in [9.17, 15) is 0 Å². The van der Waals surface area contributed by atoms with Crippen LogP contribution in [0.25, 0.3) is 28.1 Å². The van der Waals surface area contributed by atoms with Crippen LogP contribution in [0.15, 0.2) is 79.0 Å². The average Bonchev–Trinajstić information content (AvgIpc) is 3.38. The molecule has 5 rings (SSSR count). The minimum Gasteiger partial charge on any atom is -0.496 e. The molecule has 2 heterocycles. The summed E-state index contributed by atoms with van der Waals surface area (Å²) in [5.41, 5.74) is 4.78. The van der Waals surface area contributed by atoms with Gasteiger partial charge in [-0.15, -0.1) is 0 Å². The van der Waals surface area contributed by atoms with Crippen LogP contribution in [0.3, 0.4) is 0 Å². The molecule has 0 aliphatic heterocycles. The lowest BCUT2D eigenvalue weighted by atomic mass is 10.2. The Bertz CT molecular complexity index is 1290. The fraction of sp³-hybridized carbons (Fsp3) is 0.0833. The van der Waals surface area contributed by atoms with Crippen LogP contribution in [-0.2, 0) is 6.42 Å². The number of imidazole rings is 2. The number of nitrogens with one attached hydrogen (secondary N) is 1. The highest BCUT2D eigenvalue weighted by atomic mass is 35.5. The van der Waals surface area contributed by atoms with Gasteiger partial charge >= 0.3 is 0 Å². The molecule has 2 aromatic heterocycles. The van der Waals surface area contributed by atoms with Crippen molar-refractivity contribution in [1.29, 1.82) is 0 Å². The van der Waals surface area contributed by atoms with Gasteiger partial charge in [0.25, 0.3) is 0 Å². The molecule has 5 nitrogen and oxygen atoms in total. The fourth-order valence-corrected chi connectivity index (χ4v) is 3.72. The second kappa shape index (κ2) is 7.69. The van der Waals surface area contributed by atoms with Crippen molar-refractivity contribution in [2.45, 2.75) is 6.42 Å². The van der Waals surface area contributed by atoms with Crippen molar-refractivity contribution in [2.24, 2.45) is 0 Å². The quantitative estimate of drug-likeness (QED) is 0.403. The van der Waals surface area contributed by atoms with Gasteiger partial charge in [-0.05, 0) is 48.5 Å². The van der Waals surface area contributed by atoms with Crippen molar-refractivity contribution >= 4 is 22.6 Å². The molecular weight excluding hydrogens is 396 g/mol. The summed E-state index contributed by atoms with van der Waals surface area (Å²) in [4.78, 5) is 13.0. The number of H-pyrrole nitrogens is 1. The maximum atomic E-state index is 6.10. The van der Waals surface area contributed by atoms with E-state index in [1.807, 2.05) is 79.0 Å². The SMILES string of the molecule is COc1ccccc1-c1nc(Cc2nc3ccccc3[nH]2)cn1-c1ccc(Cl)cc1. The first-order chi connectivity index (χ1) is 14.7. The minimum absolute atomic E-state index is 0.595. The van der Waals surface area contributed by atoms with Crippen molar-refractivity contribution < 1.29 is 4.74 Å². The molecule has 0 bridgehead atoms. The summed E-state index contributed by atoms with van der Waals surface area (Å²) >= 11 is 6.10. The lowest BCUT2D eigenvalue weighted by molar-refractivity contribution is 0.416. The van der Waals surface area contributed by atoms with Crippen LogP contribution in [0.2, 0.25) is 5.02 Å². The lowest BCUT2D eigenvalue weighted by Gasteiger charge is -2.11. The molecule has 0 radical (unpaired) electrons. The van der Waals surface area contributed by atoms with Crippen LogP contribution in [0.1, 0.15) is 11.5 Å². The van der Waals surface area contributed by atoms with Crippen molar-refractivity contribution in [3.8, 4) is 22.8 Å². The van der Waals surface area contributed by atoms with E-state index in [0.29, 0.717) is 11.4 Å². The first-order valence-corrected chi connectivity index (χ1v) is 10.0. The van der Waals surface area contributed by atoms with Crippen LogP contribution in [-0.4, -0.2) is 26.6 Å². The molecule has 5 aromatic rings. The Morgan fingerprint density at radius 1 is 0.933 bits per heavy atom. The van der Waals surface area contributed by atoms with Gasteiger partial charge in [0.15, 0.2) is 0 Å². The summed E-state index contributed by atoms with van der Waals surface area (Å²) in [5.74, 6) is 2.46. The Hall–Kier alpha value is -3.57. The first kappa shape index (κ1) is 18.5.